The van der Waals surface area contributed by atoms with Crippen LogP contribution in [0.15, 0.2) is 16.7 Å². The van der Waals surface area contributed by atoms with E-state index >= 15 is 0 Å². The molecule has 0 aliphatic rings. The van der Waals surface area contributed by atoms with Gasteiger partial charge in [0.1, 0.15) is 5.82 Å². The number of anilines is 1. The van der Waals surface area contributed by atoms with Gasteiger partial charge in [-0.3, -0.25) is 0 Å². The van der Waals surface area contributed by atoms with Crippen molar-refractivity contribution in [3.8, 4) is 0 Å². The number of hydrogen-bond donors (Lipinski definition) is 2. The molecule has 1 atom stereocenters. The van der Waals surface area contributed by atoms with Gasteiger partial charge in [0.2, 0.25) is 0 Å². The van der Waals surface area contributed by atoms with Crippen LogP contribution in [0.1, 0.15) is 32.8 Å². The molecule has 4 heteroatoms. The first-order valence-electron chi connectivity index (χ1n) is 5.89. The number of rotatable bonds is 4. The topological polar surface area (TPSA) is 50.9 Å². The molecule has 0 aliphatic heterocycles. The molecule has 3 N–H and O–H groups in total. The summed E-state index contributed by atoms with van der Waals surface area (Å²) in [5.74, 6) is 0.914. The molecule has 0 fully saturated rings. The number of nitrogens with one attached hydrogen (secondary N) is 1. The molecule has 1 aromatic heterocycles. The third kappa shape index (κ3) is 5.50. The third-order valence-electron chi connectivity index (χ3n) is 2.45. The fourth-order valence-electron chi connectivity index (χ4n) is 1.81. The van der Waals surface area contributed by atoms with Crippen molar-refractivity contribution in [1.82, 2.24) is 4.98 Å². The second kappa shape index (κ2) is 5.83. The van der Waals surface area contributed by atoms with Crippen molar-refractivity contribution in [2.45, 2.75) is 40.2 Å². The highest BCUT2D eigenvalue weighted by atomic mass is 79.9. The lowest BCUT2D eigenvalue weighted by atomic mass is 9.88. The minimum atomic E-state index is 0.153. The van der Waals surface area contributed by atoms with E-state index in [1.807, 2.05) is 13.0 Å². The summed E-state index contributed by atoms with van der Waals surface area (Å²) < 4.78 is 1.000. The lowest BCUT2D eigenvalue weighted by molar-refractivity contribution is 0.344. The zero-order valence-corrected chi connectivity index (χ0v) is 12.6. The average Bonchev–Trinajstić information content (AvgIpc) is 2.13. The van der Waals surface area contributed by atoms with Crippen LogP contribution in [0.25, 0.3) is 0 Å². The highest BCUT2D eigenvalue weighted by Crippen LogP contribution is 2.21. The van der Waals surface area contributed by atoms with Crippen LogP contribution in [0.5, 0.6) is 0 Å². The van der Waals surface area contributed by atoms with Gasteiger partial charge in [0.15, 0.2) is 0 Å². The number of pyridine rings is 1. The predicted molar refractivity (Wildman–Crippen MR) is 77.2 cm³/mol. The molecule has 17 heavy (non-hydrogen) atoms. The Kier molecular flexibility index (Phi) is 4.95. The molecule has 0 aliphatic carbocycles. The SMILES string of the molecule is Cc1cc(Br)cnc1NCC(N)CC(C)(C)C. The maximum Gasteiger partial charge on any atom is 0.128 e. The number of hydrogen-bond acceptors (Lipinski definition) is 3. The maximum atomic E-state index is 6.09. The molecule has 0 aromatic carbocycles. The zero-order valence-electron chi connectivity index (χ0n) is 11.0. The normalized spacial score (nSPS) is 13.5. The first-order valence-corrected chi connectivity index (χ1v) is 6.69. The van der Waals surface area contributed by atoms with Crippen LogP contribution in [0, 0.1) is 12.3 Å². The molecule has 0 bridgehead atoms. The van der Waals surface area contributed by atoms with Gasteiger partial charge in [-0.15, -0.1) is 0 Å². The Morgan fingerprint density at radius 3 is 2.65 bits per heavy atom. The van der Waals surface area contributed by atoms with Crippen LogP contribution in [0.4, 0.5) is 5.82 Å². The van der Waals surface area contributed by atoms with Crippen molar-refractivity contribution in [3.05, 3.63) is 22.3 Å². The number of aromatic nitrogens is 1. The standard InChI is InChI=1S/C13H22BrN3/c1-9-5-10(14)7-16-12(9)17-8-11(15)6-13(2,3)4/h5,7,11H,6,8,15H2,1-4H3,(H,16,17). The van der Waals surface area contributed by atoms with Crippen LogP contribution in [-0.4, -0.2) is 17.6 Å². The fraction of sp³-hybridized carbons (Fsp3) is 0.615. The molecule has 3 nitrogen and oxygen atoms in total. The van der Waals surface area contributed by atoms with Crippen LogP contribution >= 0.6 is 15.9 Å². The van der Waals surface area contributed by atoms with Gasteiger partial charge in [0.05, 0.1) is 0 Å². The number of nitrogens with zero attached hydrogens (tertiary/aromatic N) is 1. The Hall–Kier alpha value is -0.610. The van der Waals surface area contributed by atoms with Crippen LogP contribution in [0.2, 0.25) is 0 Å². The molecular formula is C13H22BrN3. The Bertz CT molecular complexity index is 371. The zero-order chi connectivity index (χ0) is 13.1. The van der Waals surface area contributed by atoms with E-state index in [1.54, 1.807) is 6.20 Å². The molecule has 0 spiro atoms. The van der Waals surface area contributed by atoms with E-state index in [4.69, 9.17) is 5.73 Å². The molecule has 1 aromatic rings. The molecular weight excluding hydrogens is 278 g/mol. The summed E-state index contributed by atoms with van der Waals surface area (Å²) in [6.45, 7) is 9.41. The molecule has 1 unspecified atom stereocenters. The minimum Gasteiger partial charge on any atom is -0.368 e. The summed E-state index contributed by atoms with van der Waals surface area (Å²) in [6, 6.07) is 2.20. The molecule has 0 radical (unpaired) electrons. The maximum absolute atomic E-state index is 6.09. The van der Waals surface area contributed by atoms with Crippen molar-refractivity contribution in [3.63, 3.8) is 0 Å². The van der Waals surface area contributed by atoms with E-state index in [0.29, 0.717) is 0 Å². The van der Waals surface area contributed by atoms with Crippen molar-refractivity contribution in [2.24, 2.45) is 11.1 Å². The summed E-state index contributed by atoms with van der Waals surface area (Å²) in [5, 5.41) is 3.31. The summed E-state index contributed by atoms with van der Waals surface area (Å²) in [4.78, 5) is 4.33. The van der Waals surface area contributed by atoms with E-state index in [1.165, 1.54) is 0 Å². The Morgan fingerprint density at radius 2 is 2.12 bits per heavy atom. The highest BCUT2D eigenvalue weighted by Gasteiger charge is 2.15. The quantitative estimate of drug-likeness (QED) is 0.896. The minimum absolute atomic E-state index is 0.153. The third-order valence-corrected chi connectivity index (χ3v) is 2.88. The van der Waals surface area contributed by atoms with Gasteiger partial charge in [-0.2, -0.15) is 0 Å². The summed E-state index contributed by atoms with van der Waals surface area (Å²) >= 11 is 3.40. The summed E-state index contributed by atoms with van der Waals surface area (Å²) in [7, 11) is 0. The van der Waals surface area contributed by atoms with E-state index < -0.39 is 0 Å². The first kappa shape index (κ1) is 14.5. The van der Waals surface area contributed by atoms with Crippen molar-refractivity contribution in [2.75, 3.05) is 11.9 Å². The molecule has 0 saturated carbocycles. The van der Waals surface area contributed by atoms with E-state index in [9.17, 15) is 0 Å². The number of halogens is 1. The van der Waals surface area contributed by atoms with E-state index in [-0.39, 0.29) is 11.5 Å². The lowest BCUT2D eigenvalue weighted by Gasteiger charge is -2.23. The van der Waals surface area contributed by atoms with Gasteiger partial charge in [0.25, 0.3) is 0 Å². The van der Waals surface area contributed by atoms with Crippen LogP contribution in [0.3, 0.4) is 0 Å². The number of aryl methyl sites for hydroxylation is 1. The van der Waals surface area contributed by atoms with Gasteiger partial charge in [-0.05, 0) is 46.3 Å². The second-order valence-electron chi connectivity index (χ2n) is 5.72. The van der Waals surface area contributed by atoms with E-state index in [2.05, 4.69) is 47.0 Å². The Morgan fingerprint density at radius 1 is 1.47 bits per heavy atom. The predicted octanol–water partition coefficient (Wildman–Crippen LogP) is 3.33. The second-order valence-corrected chi connectivity index (χ2v) is 6.64. The van der Waals surface area contributed by atoms with Gasteiger partial charge < -0.3 is 11.1 Å². The van der Waals surface area contributed by atoms with Crippen molar-refractivity contribution in [1.29, 1.82) is 0 Å². The van der Waals surface area contributed by atoms with Gasteiger partial charge in [0, 0.05) is 23.3 Å². The van der Waals surface area contributed by atoms with Gasteiger partial charge >= 0.3 is 0 Å². The van der Waals surface area contributed by atoms with Crippen molar-refractivity contribution >= 4 is 21.7 Å². The van der Waals surface area contributed by atoms with Crippen LogP contribution in [-0.2, 0) is 0 Å². The first-order chi connectivity index (χ1) is 7.78. The summed E-state index contributed by atoms with van der Waals surface area (Å²) in [6.07, 6.45) is 2.79. The highest BCUT2D eigenvalue weighted by molar-refractivity contribution is 9.10. The fourth-order valence-corrected chi connectivity index (χ4v) is 2.26. The molecule has 96 valence electrons. The molecule has 1 heterocycles. The van der Waals surface area contributed by atoms with Crippen molar-refractivity contribution < 1.29 is 0 Å². The Labute approximate surface area is 112 Å². The smallest absolute Gasteiger partial charge is 0.128 e. The molecule has 1 rings (SSSR count). The Balaban J connectivity index is 2.50. The molecule has 0 amide bonds. The largest absolute Gasteiger partial charge is 0.368 e. The van der Waals surface area contributed by atoms with Gasteiger partial charge in [-0.1, -0.05) is 20.8 Å². The molecule has 0 saturated heterocycles. The monoisotopic (exact) mass is 299 g/mol. The lowest BCUT2D eigenvalue weighted by Crippen LogP contribution is -2.33. The summed E-state index contributed by atoms with van der Waals surface area (Å²) in [5.41, 5.74) is 7.48. The number of nitrogens with two attached hydrogens (primary N) is 1. The van der Waals surface area contributed by atoms with E-state index in [0.717, 1.165) is 28.8 Å². The average molecular weight is 300 g/mol. The van der Waals surface area contributed by atoms with Gasteiger partial charge in [-0.25, -0.2) is 4.98 Å². The van der Waals surface area contributed by atoms with Crippen LogP contribution < -0.4 is 11.1 Å².